The quantitative estimate of drug-likeness (QED) is 0.897. The highest BCUT2D eigenvalue weighted by atomic mass is 16.2. The minimum absolute atomic E-state index is 0.141. The molecule has 1 aliphatic heterocycles. The molecule has 8 nitrogen and oxygen atoms in total. The van der Waals surface area contributed by atoms with E-state index in [9.17, 15) is 4.79 Å². The van der Waals surface area contributed by atoms with Gasteiger partial charge in [-0.15, -0.1) is 0 Å². The third-order valence-electron chi connectivity index (χ3n) is 3.51. The van der Waals surface area contributed by atoms with E-state index in [2.05, 4.69) is 25.4 Å². The number of likely N-dealkylation sites (tertiary alicyclic amines) is 1. The summed E-state index contributed by atoms with van der Waals surface area (Å²) in [4.78, 5) is 26.2. The van der Waals surface area contributed by atoms with E-state index in [1.807, 2.05) is 4.68 Å². The Morgan fingerprint density at radius 3 is 3.14 bits per heavy atom. The van der Waals surface area contributed by atoms with Crippen LogP contribution in [0.3, 0.4) is 0 Å². The molecule has 2 aromatic heterocycles. The number of carbonyl (C=O) groups excluding carboxylic acids is 1. The molecule has 1 unspecified atom stereocenters. The van der Waals surface area contributed by atoms with E-state index in [4.69, 9.17) is 0 Å². The number of hydrogen-bond acceptors (Lipinski definition) is 5. The van der Waals surface area contributed by atoms with Crippen molar-refractivity contribution in [3.63, 3.8) is 0 Å². The average Bonchev–Trinajstić information content (AvgIpc) is 3.02. The maximum atomic E-state index is 12.3. The zero-order valence-corrected chi connectivity index (χ0v) is 11.8. The van der Waals surface area contributed by atoms with Gasteiger partial charge in [-0.05, 0) is 25.8 Å². The van der Waals surface area contributed by atoms with E-state index in [-0.39, 0.29) is 12.1 Å². The Morgan fingerprint density at radius 1 is 1.48 bits per heavy atom. The Balaban J connectivity index is 1.64. The number of aryl methyl sites for hydroxylation is 1. The van der Waals surface area contributed by atoms with Gasteiger partial charge >= 0.3 is 6.03 Å². The van der Waals surface area contributed by atoms with Crippen LogP contribution in [0.4, 0.5) is 10.6 Å². The normalized spacial score (nSPS) is 18.5. The second-order valence-electron chi connectivity index (χ2n) is 5.04. The number of aromatic nitrogens is 5. The van der Waals surface area contributed by atoms with Crippen LogP contribution < -0.4 is 5.32 Å². The fourth-order valence-corrected chi connectivity index (χ4v) is 2.48. The zero-order chi connectivity index (χ0) is 14.7. The van der Waals surface area contributed by atoms with Crippen LogP contribution in [0.15, 0.2) is 24.9 Å². The van der Waals surface area contributed by atoms with Crippen molar-refractivity contribution in [2.75, 3.05) is 18.4 Å². The number of nitrogens with zero attached hydrogens (tertiary/aromatic N) is 6. The van der Waals surface area contributed by atoms with Crippen LogP contribution in [0.2, 0.25) is 0 Å². The van der Waals surface area contributed by atoms with Crippen molar-refractivity contribution >= 4 is 11.8 Å². The first-order valence-electron chi connectivity index (χ1n) is 6.92. The number of rotatable bonds is 2. The molecular weight excluding hydrogens is 270 g/mol. The number of urea groups is 1. The van der Waals surface area contributed by atoms with Gasteiger partial charge in [0, 0.05) is 19.3 Å². The van der Waals surface area contributed by atoms with Gasteiger partial charge in [0.05, 0.1) is 6.04 Å². The summed E-state index contributed by atoms with van der Waals surface area (Å²) in [6.07, 6.45) is 6.79. The summed E-state index contributed by atoms with van der Waals surface area (Å²) >= 11 is 0. The zero-order valence-electron chi connectivity index (χ0n) is 11.8. The standard InChI is InChI=1S/C13H17N7O/c1-10-15-5-4-12(17-10)18-13(21)19-6-2-3-11(7-19)20-9-14-8-16-20/h4-5,8-9,11H,2-3,6-7H2,1H3,(H,15,17,18,21). The maximum Gasteiger partial charge on any atom is 0.323 e. The van der Waals surface area contributed by atoms with Gasteiger partial charge in [0.25, 0.3) is 0 Å². The molecule has 1 N–H and O–H groups in total. The SMILES string of the molecule is Cc1nccc(NC(=O)N2CCCC(n3cncn3)C2)n1. The van der Waals surface area contributed by atoms with Crippen molar-refractivity contribution in [3.05, 3.63) is 30.7 Å². The molecule has 110 valence electrons. The van der Waals surface area contributed by atoms with Crippen LogP contribution in [0.5, 0.6) is 0 Å². The minimum atomic E-state index is -0.141. The van der Waals surface area contributed by atoms with E-state index in [0.29, 0.717) is 18.2 Å². The van der Waals surface area contributed by atoms with Crippen LogP contribution in [0.1, 0.15) is 24.7 Å². The molecule has 2 aromatic rings. The van der Waals surface area contributed by atoms with Crippen molar-refractivity contribution in [1.82, 2.24) is 29.6 Å². The van der Waals surface area contributed by atoms with Crippen molar-refractivity contribution in [1.29, 1.82) is 0 Å². The summed E-state index contributed by atoms with van der Waals surface area (Å²) < 4.78 is 1.81. The predicted octanol–water partition coefficient (Wildman–Crippen LogP) is 1.25. The van der Waals surface area contributed by atoms with Crippen LogP contribution in [-0.2, 0) is 0 Å². The number of piperidine rings is 1. The smallest absolute Gasteiger partial charge is 0.322 e. The lowest BCUT2D eigenvalue weighted by molar-refractivity contribution is 0.174. The van der Waals surface area contributed by atoms with Gasteiger partial charge in [-0.3, -0.25) is 5.32 Å². The Kier molecular flexibility index (Phi) is 3.76. The van der Waals surface area contributed by atoms with Gasteiger partial charge in [-0.25, -0.2) is 24.4 Å². The predicted molar refractivity (Wildman–Crippen MR) is 75.7 cm³/mol. The summed E-state index contributed by atoms with van der Waals surface area (Å²) in [5.74, 6) is 1.15. The lowest BCUT2D eigenvalue weighted by atomic mass is 10.1. The van der Waals surface area contributed by atoms with Gasteiger partial charge < -0.3 is 4.90 Å². The molecule has 3 rings (SSSR count). The van der Waals surface area contributed by atoms with Gasteiger partial charge in [0.2, 0.25) is 0 Å². The van der Waals surface area contributed by atoms with Crippen LogP contribution in [0.25, 0.3) is 0 Å². The Bertz CT molecular complexity index is 613. The molecular formula is C13H17N7O. The van der Waals surface area contributed by atoms with E-state index >= 15 is 0 Å². The number of anilines is 1. The summed E-state index contributed by atoms with van der Waals surface area (Å²) in [6.45, 7) is 3.15. The first kappa shape index (κ1) is 13.5. The molecule has 1 saturated heterocycles. The maximum absolute atomic E-state index is 12.3. The first-order chi connectivity index (χ1) is 10.2. The van der Waals surface area contributed by atoms with Crippen molar-refractivity contribution in [2.45, 2.75) is 25.8 Å². The van der Waals surface area contributed by atoms with Gasteiger partial charge in [-0.1, -0.05) is 0 Å². The summed E-state index contributed by atoms with van der Waals surface area (Å²) in [5.41, 5.74) is 0. The molecule has 1 atom stereocenters. The summed E-state index contributed by atoms with van der Waals surface area (Å²) in [7, 11) is 0. The highest BCUT2D eigenvalue weighted by Gasteiger charge is 2.25. The molecule has 2 amide bonds. The largest absolute Gasteiger partial charge is 0.323 e. The average molecular weight is 287 g/mol. The number of hydrogen-bond donors (Lipinski definition) is 1. The third-order valence-corrected chi connectivity index (χ3v) is 3.51. The topological polar surface area (TPSA) is 88.8 Å². The van der Waals surface area contributed by atoms with Crippen LogP contribution >= 0.6 is 0 Å². The summed E-state index contributed by atoms with van der Waals surface area (Å²) in [5, 5.41) is 6.96. The minimum Gasteiger partial charge on any atom is -0.322 e. The number of amides is 2. The first-order valence-corrected chi connectivity index (χ1v) is 6.92. The Morgan fingerprint density at radius 2 is 2.38 bits per heavy atom. The van der Waals surface area contributed by atoms with Crippen LogP contribution in [-0.4, -0.2) is 48.8 Å². The molecule has 0 radical (unpaired) electrons. The van der Waals surface area contributed by atoms with E-state index < -0.39 is 0 Å². The fourth-order valence-electron chi connectivity index (χ4n) is 2.48. The van der Waals surface area contributed by atoms with Gasteiger partial charge in [0.1, 0.15) is 24.3 Å². The van der Waals surface area contributed by atoms with E-state index in [1.54, 1.807) is 30.4 Å². The van der Waals surface area contributed by atoms with Crippen molar-refractivity contribution in [3.8, 4) is 0 Å². The second-order valence-corrected chi connectivity index (χ2v) is 5.04. The molecule has 0 aromatic carbocycles. The van der Waals surface area contributed by atoms with Crippen molar-refractivity contribution in [2.24, 2.45) is 0 Å². The van der Waals surface area contributed by atoms with E-state index in [0.717, 1.165) is 19.4 Å². The van der Waals surface area contributed by atoms with Gasteiger partial charge in [-0.2, -0.15) is 5.10 Å². The molecule has 0 saturated carbocycles. The Labute approximate surface area is 122 Å². The molecule has 21 heavy (non-hydrogen) atoms. The molecule has 0 aliphatic carbocycles. The van der Waals surface area contributed by atoms with E-state index in [1.165, 1.54) is 6.33 Å². The monoisotopic (exact) mass is 287 g/mol. The molecule has 0 spiro atoms. The lowest BCUT2D eigenvalue weighted by Gasteiger charge is -2.32. The molecule has 0 bridgehead atoms. The fraction of sp³-hybridized carbons (Fsp3) is 0.462. The number of carbonyl (C=O) groups is 1. The molecule has 8 heteroatoms. The van der Waals surface area contributed by atoms with Gasteiger partial charge in [0.15, 0.2) is 0 Å². The Hall–Kier alpha value is -2.51. The van der Waals surface area contributed by atoms with Crippen LogP contribution in [0, 0.1) is 6.92 Å². The highest BCUT2D eigenvalue weighted by Crippen LogP contribution is 2.20. The lowest BCUT2D eigenvalue weighted by Crippen LogP contribution is -2.43. The summed E-state index contributed by atoms with van der Waals surface area (Å²) in [6, 6.07) is 1.72. The van der Waals surface area contributed by atoms with Crippen molar-refractivity contribution < 1.29 is 4.79 Å². The third kappa shape index (κ3) is 3.15. The molecule has 1 fully saturated rings. The highest BCUT2D eigenvalue weighted by molar-refractivity contribution is 5.88. The number of nitrogens with one attached hydrogen (secondary N) is 1. The second kappa shape index (κ2) is 5.86. The molecule has 3 heterocycles. The molecule has 1 aliphatic rings.